The maximum Gasteiger partial charge on any atom is 0.146 e. The van der Waals surface area contributed by atoms with Crippen molar-refractivity contribution in [1.82, 2.24) is 24.6 Å². The topological polar surface area (TPSA) is 46.8 Å². The van der Waals surface area contributed by atoms with Crippen molar-refractivity contribution in [2.24, 2.45) is 7.05 Å². The zero-order valence-electron chi connectivity index (χ0n) is 12.2. The fourth-order valence-corrected chi connectivity index (χ4v) is 2.38. The highest BCUT2D eigenvalue weighted by atomic mass is 15.3. The van der Waals surface area contributed by atoms with Crippen molar-refractivity contribution < 1.29 is 0 Å². The molecule has 0 N–H and O–H groups in total. The Balaban J connectivity index is 1.54. The molecule has 20 heavy (non-hydrogen) atoms. The van der Waals surface area contributed by atoms with Crippen molar-refractivity contribution in [3.8, 4) is 0 Å². The number of hydrogen-bond acceptors (Lipinski definition) is 4. The minimum Gasteiger partial charge on any atom is -0.317 e. The number of hydrogen-bond donors (Lipinski definition) is 0. The lowest BCUT2D eigenvalue weighted by Crippen LogP contribution is -2.23. The summed E-state index contributed by atoms with van der Waals surface area (Å²) in [5, 5.41) is 8.65. The van der Waals surface area contributed by atoms with Crippen molar-refractivity contribution in [2.75, 3.05) is 13.6 Å². The summed E-state index contributed by atoms with van der Waals surface area (Å²) in [6.45, 7) is 1.81. The summed E-state index contributed by atoms with van der Waals surface area (Å²) in [5.41, 5.74) is 1.14. The van der Waals surface area contributed by atoms with E-state index in [4.69, 9.17) is 0 Å². The normalized spacial score (nSPS) is 14.9. The summed E-state index contributed by atoms with van der Waals surface area (Å²) in [6, 6.07) is 6.06. The molecular formula is C15H21N5. The van der Waals surface area contributed by atoms with Crippen molar-refractivity contribution in [3.05, 3.63) is 41.7 Å². The van der Waals surface area contributed by atoms with Crippen molar-refractivity contribution >= 4 is 0 Å². The Hall–Kier alpha value is -1.75. The third-order valence-corrected chi connectivity index (χ3v) is 3.83. The van der Waals surface area contributed by atoms with Gasteiger partial charge in [-0.25, -0.2) is 0 Å². The van der Waals surface area contributed by atoms with E-state index in [1.54, 1.807) is 0 Å². The van der Waals surface area contributed by atoms with E-state index >= 15 is 0 Å². The molecule has 1 saturated carbocycles. The first-order valence-electron chi connectivity index (χ1n) is 7.20. The SMILES string of the molecule is CN(CCc1ccccn1)Cc1nnc(C2CC2)n1C. The molecule has 2 heterocycles. The number of pyridine rings is 1. The number of nitrogens with zero attached hydrogens (tertiary/aromatic N) is 5. The van der Waals surface area contributed by atoms with Gasteiger partial charge in [0.2, 0.25) is 0 Å². The summed E-state index contributed by atoms with van der Waals surface area (Å²) in [5.74, 6) is 2.86. The highest BCUT2D eigenvalue weighted by Gasteiger charge is 2.29. The zero-order valence-corrected chi connectivity index (χ0v) is 12.2. The molecule has 0 aromatic carbocycles. The Morgan fingerprint density at radius 1 is 1.30 bits per heavy atom. The fourth-order valence-electron chi connectivity index (χ4n) is 2.38. The van der Waals surface area contributed by atoms with Gasteiger partial charge in [0.05, 0.1) is 6.54 Å². The van der Waals surface area contributed by atoms with Crippen LogP contribution in [0.25, 0.3) is 0 Å². The molecule has 0 radical (unpaired) electrons. The molecule has 0 unspecified atom stereocenters. The molecule has 1 aliphatic rings. The first-order valence-corrected chi connectivity index (χ1v) is 7.20. The third-order valence-electron chi connectivity index (χ3n) is 3.83. The van der Waals surface area contributed by atoms with E-state index < -0.39 is 0 Å². The van der Waals surface area contributed by atoms with Gasteiger partial charge in [-0.1, -0.05) is 6.07 Å². The predicted molar refractivity (Wildman–Crippen MR) is 77.3 cm³/mol. The van der Waals surface area contributed by atoms with Crippen molar-refractivity contribution in [2.45, 2.75) is 31.7 Å². The molecule has 0 saturated heterocycles. The molecule has 3 rings (SSSR count). The maximum absolute atomic E-state index is 4.35. The quantitative estimate of drug-likeness (QED) is 0.803. The van der Waals surface area contributed by atoms with Crippen LogP contribution in [-0.2, 0) is 20.0 Å². The molecule has 0 spiro atoms. The van der Waals surface area contributed by atoms with E-state index in [0.29, 0.717) is 5.92 Å². The number of rotatable bonds is 6. The highest BCUT2D eigenvalue weighted by molar-refractivity contribution is 5.08. The Morgan fingerprint density at radius 3 is 2.85 bits per heavy atom. The summed E-state index contributed by atoms with van der Waals surface area (Å²) < 4.78 is 2.16. The van der Waals surface area contributed by atoms with Gasteiger partial charge >= 0.3 is 0 Å². The molecule has 0 bridgehead atoms. The average molecular weight is 271 g/mol. The Labute approximate surface area is 119 Å². The van der Waals surface area contributed by atoms with E-state index in [2.05, 4.69) is 44.8 Å². The van der Waals surface area contributed by atoms with Crippen LogP contribution >= 0.6 is 0 Å². The molecule has 5 heteroatoms. The van der Waals surface area contributed by atoms with E-state index in [1.807, 2.05) is 18.3 Å². The lowest BCUT2D eigenvalue weighted by Gasteiger charge is -2.15. The van der Waals surface area contributed by atoms with Crippen LogP contribution in [0, 0.1) is 0 Å². The Morgan fingerprint density at radius 2 is 2.15 bits per heavy atom. The average Bonchev–Trinajstić information content (AvgIpc) is 3.24. The smallest absolute Gasteiger partial charge is 0.146 e. The third kappa shape index (κ3) is 3.04. The summed E-state index contributed by atoms with van der Waals surface area (Å²) in [4.78, 5) is 6.62. The number of aromatic nitrogens is 4. The van der Waals surface area contributed by atoms with Crippen LogP contribution in [0.1, 0.15) is 36.1 Å². The van der Waals surface area contributed by atoms with Gasteiger partial charge < -0.3 is 4.57 Å². The van der Waals surface area contributed by atoms with Gasteiger partial charge in [0.25, 0.3) is 0 Å². The van der Waals surface area contributed by atoms with Crippen LogP contribution in [-0.4, -0.2) is 38.2 Å². The largest absolute Gasteiger partial charge is 0.317 e. The second-order valence-corrected chi connectivity index (χ2v) is 5.62. The predicted octanol–water partition coefficient (Wildman–Crippen LogP) is 1.76. The van der Waals surface area contributed by atoms with E-state index in [0.717, 1.165) is 36.9 Å². The van der Waals surface area contributed by atoms with Gasteiger partial charge in [-0.05, 0) is 32.0 Å². The summed E-state index contributed by atoms with van der Waals surface area (Å²) in [6.07, 6.45) is 5.34. The minimum atomic E-state index is 0.653. The van der Waals surface area contributed by atoms with Crippen LogP contribution in [0.4, 0.5) is 0 Å². The van der Waals surface area contributed by atoms with Crippen molar-refractivity contribution in [3.63, 3.8) is 0 Å². The maximum atomic E-state index is 4.35. The highest BCUT2D eigenvalue weighted by Crippen LogP contribution is 2.38. The van der Waals surface area contributed by atoms with Crippen molar-refractivity contribution in [1.29, 1.82) is 0 Å². The van der Waals surface area contributed by atoms with Gasteiger partial charge in [0.1, 0.15) is 11.6 Å². The summed E-state index contributed by atoms with van der Waals surface area (Å²) in [7, 11) is 4.20. The Bertz CT molecular complexity index is 559. The van der Waals surface area contributed by atoms with E-state index in [1.165, 1.54) is 12.8 Å². The molecule has 106 valence electrons. The molecule has 0 amide bonds. The van der Waals surface area contributed by atoms with Gasteiger partial charge in [-0.3, -0.25) is 9.88 Å². The van der Waals surface area contributed by atoms with Gasteiger partial charge in [0.15, 0.2) is 0 Å². The van der Waals surface area contributed by atoms with E-state index in [-0.39, 0.29) is 0 Å². The van der Waals surface area contributed by atoms with Crippen LogP contribution < -0.4 is 0 Å². The standard InChI is InChI=1S/C15H21N5/c1-19(10-8-13-5-3-4-9-16-13)11-14-17-18-15(20(14)2)12-6-7-12/h3-5,9,12H,6-8,10-11H2,1-2H3. The van der Waals surface area contributed by atoms with E-state index in [9.17, 15) is 0 Å². The van der Waals surface area contributed by atoms with Crippen LogP contribution in [0.15, 0.2) is 24.4 Å². The van der Waals surface area contributed by atoms with Crippen LogP contribution in [0.2, 0.25) is 0 Å². The molecule has 0 aliphatic heterocycles. The monoisotopic (exact) mass is 271 g/mol. The van der Waals surface area contributed by atoms with Gasteiger partial charge in [-0.2, -0.15) is 0 Å². The molecule has 1 aliphatic carbocycles. The molecule has 1 fully saturated rings. The molecule has 2 aromatic rings. The minimum absolute atomic E-state index is 0.653. The summed E-state index contributed by atoms with van der Waals surface area (Å²) >= 11 is 0. The second kappa shape index (κ2) is 5.71. The fraction of sp³-hybridized carbons (Fsp3) is 0.533. The Kier molecular flexibility index (Phi) is 3.78. The van der Waals surface area contributed by atoms with Gasteiger partial charge in [-0.15, -0.1) is 10.2 Å². The zero-order chi connectivity index (χ0) is 13.9. The molecule has 2 aromatic heterocycles. The number of likely N-dealkylation sites (N-methyl/N-ethyl adjacent to an activating group) is 1. The first kappa shape index (κ1) is 13.2. The molecule has 5 nitrogen and oxygen atoms in total. The molecule has 0 atom stereocenters. The van der Waals surface area contributed by atoms with Gasteiger partial charge in [0, 0.05) is 37.8 Å². The second-order valence-electron chi connectivity index (χ2n) is 5.62. The lowest BCUT2D eigenvalue weighted by atomic mass is 10.2. The first-order chi connectivity index (χ1) is 9.74. The lowest BCUT2D eigenvalue weighted by molar-refractivity contribution is 0.317. The molecular weight excluding hydrogens is 250 g/mol. The van der Waals surface area contributed by atoms with Crippen LogP contribution in [0.3, 0.4) is 0 Å². The van der Waals surface area contributed by atoms with Crippen LogP contribution in [0.5, 0.6) is 0 Å².